The number of carbonyl (C=O) groups excluding carboxylic acids is 1. The number of nitrogens with two attached hydrogens (primary N) is 1. The zero-order chi connectivity index (χ0) is 14.9. The molecule has 0 spiro atoms. The van der Waals surface area contributed by atoms with E-state index in [2.05, 4.69) is 10.3 Å². The summed E-state index contributed by atoms with van der Waals surface area (Å²) in [5.41, 5.74) is 7.13. The summed E-state index contributed by atoms with van der Waals surface area (Å²) >= 11 is 1.63. The van der Waals surface area contributed by atoms with E-state index >= 15 is 0 Å². The normalized spacial score (nSPS) is 17.8. The minimum Gasteiger partial charge on any atom is -0.381 e. The highest BCUT2D eigenvalue weighted by molar-refractivity contribution is 7.18. The van der Waals surface area contributed by atoms with Crippen molar-refractivity contribution < 1.29 is 9.53 Å². The molecule has 1 aromatic carbocycles. The van der Waals surface area contributed by atoms with Crippen LogP contribution in [0.4, 0.5) is 5.69 Å². The lowest BCUT2D eigenvalue weighted by atomic mass is 9.79. The van der Waals surface area contributed by atoms with E-state index in [4.69, 9.17) is 10.5 Å². The van der Waals surface area contributed by atoms with Crippen molar-refractivity contribution in [2.75, 3.05) is 25.1 Å². The van der Waals surface area contributed by atoms with E-state index in [-0.39, 0.29) is 5.91 Å². The Balaban J connectivity index is 1.81. The Morgan fingerprint density at radius 3 is 2.95 bits per heavy atom. The predicted molar refractivity (Wildman–Crippen MR) is 84.5 cm³/mol. The van der Waals surface area contributed by atoms with Gasteiger partial charge in [-0.25, -0.2) is 4.98 Å². The fourth-order valence-electron chi connectivity index (χ4n) is 2.67. The summed E-state index contributed by atoms with van der Waals surface area (Å²) in [4.78, 5) is 17.0. The Labute approximate surface area is 127 Å². The van der Waals surface area contributed by atoms with Crippen molar-refractivity contribution in [1.82, 2.24) is 4.98 Å². The molecule has 1 aliphatic heterocycles. The zero-order valence-corrected chi connectivity index (χ0v) is 12.8. The van der Waals surface area contributed by atoms with Crippen LogP contribution in [0.2, 0.25) is 0 Å². The number of hydrogen-bond acceptors (Lipinski definition) is 5. The third-order valence-electron chi connectivity index (χ3n) is 4.08. The maximum Gasteiger partial charge on any atom is 0.232 e. The lowest BCUT2D eigenvalue weighted by molar-refractivity contribution is -0.130. The summed E-state index contributed by atoms with van der Waals surface area (Å²) in [5, 5.41) is 4.03. The SMILES string of the molecule is Cc1nc2ccc(NC(=O)C3(CN)CCOCC3)cc2s1. The topological polar surface area (TPSA) is 77.2 Å². The first-order valence-electron chi connectivity index (χ1n) is 7.09. The second-order valence-electron chi connectivity index (χ2n) is 5.47. The summed E-state index contributed by atoms with van der Waals surface area (Å²) < 4.78 is 6.43. The monoisotopic (exact) mass is 305 g/mol. The number of benzene rings is 1. The van der Waals surface area contributed by atoms with Crippen LogP contribution < -0.4 is 11.1 Å². The Morgan fingerprint density at radius 1 is 1.48 bits per heavy atom. The molecular weight excluding hydrogens is 286 g/mol. The lowest BCUT2D eigenvalue weighted by Crippen LogP contribution is -2.46. The van der Waals surface area contributed by atoms with Gasteiger partial charge in [-0.1, -0.05) is 0 Å². The summed E-state index contributed by atoms with van der Waals surface area (Å²) in [6.45, 7) is 3.52. The van der Waals surface area contributed by atoms with Gasteiger partial charge in [0.15, 0.2) is 0 Å². The number of nitrogens with one attached hydrogen (secondary N) is 1. The molecule has 1 aliphatic rings. The maximum atomic E-state index is 12.6. The van der Waals surface area contributed by atoms with Gasteiger partial charge in [0.2, 0.25) is 5.91 Å². The van der Waals surface area contributed by atoms with Crippen LogP contribution in [0.1, 0.15) is 17.8 Å². The number of thiazole rings is 1. The summed E-state index contributed by atoms with van der Waals surface area (Å²) in [5.74, 6) is -0.00566. The number of hydrogen-bond donors (Lipinski definition) is 2. The second kappa shape index (κ2) is 5.71. The number of amides is 1. The molecule has 1 saturated heterocycles. The second-order valence-corrected chi connectivity index (χ2v) is 6.70. The van der Waals surface area contributed by atoms with Crippen LogP contribution >= 0.6 is 11.3 Å². The predicted octanol–water partition coefficient (Wildman–Crippen LogP) is 2.30. The number of aromatic nitrogens is 1. The number of carbonyl (C=O) groups is 1. The quantitative estimate of drug-likeness (QED) is 0.912. The van der Waals surface area contributed by atoms with Gasteiger partial charge in [-0.05, 0) is 38.0 Å². The molecule has 0 atom stereocenters. The van der Waals surface area contributed by atoms with Crippen molar-refractivity contribution in [3.8, 4) is 0 Å². The first kappa shape index (κ1) is 14.4. The Bertz CT molecular complexity index is 662. The molecule has 3 N–H and O–H groups in total. The molecule has 2 heterocycles. The van der Waals surface area contributed by atoms with Crippen molar-refractivity contribution in [1.29, 1.82) is 0 Å². The molecule has 0 radical (unpaired) electrons. The highest BCUT2D eigenvalue weighted by Crippen LogP contribution is 2.32. The van der Waals surface area contributed by atoms with Crippen LogP contribution in [0.15, 0.2) is 18.2 Å². The number of aryl methyl sites for hydroxylation is 1. The van der Waals surface area contributed by atoms with Crippen LogP contribution in [-0.2, 0) is 9.53 Å². The molecule has 0 bridgehead atoms. The summed E-state index contributed by atoms with van der Waals surface area (Å²) in [7, 11) is 0. The average Bonchev–Trinajstić information content (AvgIpc) is 2.87. The number of anilines is 1. The van der Waals surface area contributed by atoms with Crippen molar-refractivity contribution >= 4 is 33.1 Å². The number of rotatable bonds is 3. The highest BCUT2D eigenvalue weighted by Gasteiger charge is 2.38. The molecule has 21 heavy (non-hydrogen) atoms. The molecule has 0 unspecified atom stereocenters. The van der Waals surface area contributed by atoms with E-state index in [0.29, 0.717) is 32.6 Å². The molecule has 1 amide bonds. The number of ether oxygens (including phenoxy) is 1. The van der Waals surface area contributed by atoms with Crippen molar-refractivity contribution in [3.05, 3.63) is 23.2 Å². The van der Waals surface area contributed by atoms with Crippen LogP contribution in [0.25, 0.3) is 10.2 Å². The molecule has 6 heteroatoms. The summed E-state index contributed by atoms with van der Waals surface area (Å²) in [6, 6.07) is 5.80. The maximum absolute atomic E-state index is 12.6. The van der Waals surface area contributed by atoms with E-state index in [9.17, 15) is 4.79 Å². The van der Waals surface area contributed by atoms with Crippen LogP contribution in [-0.4, -0.2) is 30.6 Å². The van der Waals surface area contributed by atoms with E-state index in [1.807, 2.05) is 25.1 Å². The van der Waals surface area contributed by atoms with Gasteiger partial charge in [0, 0.05) is 25.4 Å². The van der Waals surface area contributed by atoms with Crippen LogP contribution in [0.3, 0.4) is 0 Å². The molecule has 0 aliphatic carbocycles. The van der Waals surface area contributed by atoms with E-state index in [1.54, 1.807) is 11.3 Å². The fraction of sp³-hybridized carbons (Fsp3) is 0.467. The average molecular weight is 305 g/mol. The van der Waals surface area contributed by atoms with Crippen LogP contribution in [0.5, 0.6) is 0 Å². The van der Waals surface area contributed by atoms with Gasteiger partial charge >= 0.3 is 0 Å². The number of fused-ring (bicyclic) bond motifs is 1. The first-order chi connectivity index (χ1) is 10.1. The molecule has 2 aromatic rings. The van der Waals surface area contributed by atoms with E-state index in [1.165, 1.54) is 0 Å². The van der Waals surface area contributed by atoms with Crippen molar-refractivity contribution in [3.63, 3.8) is 0 Å². The molecule has 0 saturated carbocycles. The van der Waals surface area contributed by atoms with Gasteiger partial charge in [-0.15, -0.1) is 11.3 Å². The molecule has 3 rings (SSSR count). The van der Waals surface area contributed by atoms with E-state index < -0.39 is 5.41 Å². The molecule has 1 aromatic heterocycles. The fourth-order valence-corrected chi connectivity index (χ4v) is 3.53. The van der Waals surface area contributed by atoms with Gasteiger partial charge in [-0.2, -0.15) is 0 Å². The highest BCUT2D eigenvalue weighted by atomic mass is 32.1. The van der Waals surface area contributed by atoms with Crippen molar-refractivity contribution in [2.45, 2.75) is 19.8 Å². The molecule has 1 fully saturated rings. The molecular formula is C15H19N3O2S. The van der Waals surface area contributed by atoms with Gasteiger partial charge in [-0.3, -0.25) is 4.79 Å². The van der Waals surface area contributed by atoms with Crippen molar-refractivity contribution in [2.24, 2.45) is 11.1 Å². The van der Waals surface area contributed by atoms with E-state index in [0.717, 1.165) is 20.9 Å². The van der Waals surface area contributed by atoms with Crippen LogP contribution in [0, 0.1) is 12.3 Å². The minimum atomic E-state index is -0.503. The number of nitrogens with zero attached hydrogens (tertiary/aromatic N) is 1. The Hall–Kier alpha value is -1.50. The third kappa shape index (κ3) is 2.79. The van der Waals surface area contributed by atoms with Gasteiger partial charge in [0.25, 0.3) is 0 Å². The standard InChI is InChI=1S/C15H19N3O2S/c1-10-17-12-3-2-11(8-13(12)21-10)18-14(19)15(9-16)4-6-20-7-5-15/h2-3,8H,4-7,9,16H2,1H3,(H,18,19). The first-order valence-corrected chi connectivity index (χ1v) is 7.91. The summed E-state index contributed by atoms with van der Waals surface area (Å²) in [6.07, 6.45) is 1.36. The Kier molecular flexibility index (Phi) is 3.93. The molecule has 5 nitrogen and oxygen atoms in total. The third-order valence-corrected chi connectivity index (χ3v) is 5.01. The molecule has 112 valence electrons. The Morgan fingerprint density at radius 2 is 2.24 bits per heavy atom. The van der Waals surface area contributed by atoms with Gasteiger partial charge < -0.3 is 15.8 Å². The minimum absolute atomic E-state index is 0.00566. The smallest absolute Gasteiger partial charge is 0.232 e. The zero-order valence-electron chi connectivity index (χ0n) is 12.0. The van der Waals surface area contributed by atoms with Gasteiger partial charge in [0.05, 0.1) is 20.6 Å². The van der Waals surface area contributed by atoms with Gasteiger partial charge in [0.1, 0.15) is 0 Å². The lowest BCUT2D eigenvalue weighted by Gasteiger charge is -2.34. The largest absolute Gasteiger partial charge is 0.381 e.